The van der Waals surface area contributed by atoms with E-state index >= 15 is 0 Å². The zero-order valence-electron chi connectivity index (χ0n) is 14.6. The van der Waals surface area contributed by atoms with Crippen LogP contribution in [0.5, 0.6) is 0 Å². The molecule has 0 N–H and O–H groups in total. The largest absolute Gasteiger partial charge is 0.463 e. The van der Waals surface area contributed by atoms with E-state index in [0.717, 1.165) is 25.7 Å². The third-order valence-corrected chi connectivity index (χ3v) is 4.03. The van der Waals surface area contributed by atoms with Gasteiger partial charge < -0.3 is 28.4 Å². The van der Waals surface area contributed by atoms with Gasteiger partial charge in [0, 0.05) is 0 Å². The SMILES string of the molecule is O=C1CC(=O)OCCOCCO[C@@H]2CCCC[C@H]2OCCOCCO1. The van der Waals surface area contributed by atoms with Crippen molar-refractivity contribution in [2.24, 2.45) is 0 Å². The third-order valence-electron chi connectivity index (χ3n) is 4.03. The monoisotopic (exact) mass is 360 g/mol. The molecule has 1 aliphatic carbocycles. The molecule has 0 unspecified atom stereocenters. The average molecular weight is 360 g/mol. The summed E-state index contributed by atoms with van der Waals surface area (Å²) in [5, 5.41) is 0. The van der Waals surface area contributed by atoms with Gasteiger partial charge in [-0.3, -0.25) is 9.59 Å². The second-order valence-corrected chi connectivity index (χ2v) is 5.95. The number of hydrogen-bond acceptors (Lipinski definition) is 8. The van der Waals surface area contributed by atoms with Crippen molar-refractivity contribution in [1.82, 2.24) is 0 Å². The normalized spacial score (nSPS) is 29.3. The van der Waals surface area contributed by atoms with Crippen LogP contribution in [-0.4, -0.2) is 77.0 Å². The minimum Gasteiger partial charge on any atom is -0.463 e. The lowest BCUT2D eigenvalue weighted by Gasteiger charge is -2.31. The second-order valence-electron chi connectivity index (χ2n) is 5.95. The summed E-state index contributed by atoms with van der Waals surface area (Å²) >= 11 is 0. The number of rotatable bonds is 0. The van der Waals surface area contributed by atoms with Crippen molar-refractivity contribution < 1.29 is 38.0 Å². The van der Waals surface area contributed by atoms with Gasteiger partial charge in [-0.15, -0.1) is 0 Å². The Hall–Kier alpha value is -1.22. The third kappa shape index (κ3) is 8.62. The average Bonchev–Trinajstić information content (AvgIpc) is 2.60. The molecule has 2 rings (SSSR count). The molecule has 2 atom stereocenters. The molecule has 1 aliphatic heterocycles. The topological polar surface area (TPSA) is 89.5 Å². The van der Waals surface area contributed by atoms with Crippen LogP contribution >= 0.6 is 0 Å². The smallest absolute Gasteiger partial charge is 0.317 e. The Kier molecular flexibility index (Phi) is 9.79. The Labute approximate surface area is 148 Å². The number of ether oxygens (including phenoxy) is 6. The Bertz CT molecular complexity index is 364. The number of cyclic esters (lactones) is 2. The van der Waals surface area contributed by atoms with Crippen LogP contribution in [0.15, 0.2) is 0 Å². The first-order valence-corrected chi connectivity index (χ1v) is 8.95. The van der Waals surface area contributed by atoms with Crippen molar-refractivity contribution in [1.29, 1.82) is 0 Å². The molecule has 0 aromatic carbocycles. The maximum Gasteiger partial charge on any atom is 0.317 e. The van der Waals surface area contributed by atoms with Crippen LogP contribution < -0.4 is 0 Å². The molecule has 2 aliphatic rings. The molecule has 0 radical (unpaired) electrons. The molecule has 2 fully saturated rings. The van der Waals surface area contributed by atoms with Crippen LogP contribution in [0.3, 0.4) is 0 Å². The van der Waals surface area contributed by atoms with E-state index in [1.54, 1.807) is 0 Å². The molecule has 0 amide bonds. The van der Waals surface area contributed by atoms with Crippen LogP contribution in [-0.2, 0) is 38.0 Å². The molecule has 0 bridgehead atoms. The predicted molar refractivity (Wildman–Crippen MR) is 86.1 cm³/mol. The van der Waals surface area contributed by atoms with Crippen molar-refractivity contribution in [3.05, 3.63) is 0 Å². The molecule has 0 aromatic rings. The minimum atomic E-state index is -0.623. The zero-order valence-corrected chi connectivity index (χ0v) is 14.6. The summed E-state index contributed by atoms with van der Waals surface area (Å²) in [5.41, 5.74) is 0. The van der Waals surface area contributed by atoms with Gasteiger partial charge in [-0.2, -0.15) is 0 Å². The number of fused-ring (bicyclic) bond motifs is 1. The van der Waals surface area contributed by atoms with Gasteiger partial charge in [0.1, 0.15) is 19.6 Å². The highest BCUT2D eigenvalue weighted by atomic mass is 16.6. The van der Waals surface area contributed by atoms with Crippen LogP contribution in [0.2, 0.25) is 0 Å². The van der Waals surface area contributed by atoms with E-state index in [9.17, 15) is 9.59 Å². The van der Waals surface area contributed by atoms with Crippen LogP contribution in [0.1, 0.15) is 32.1 Å². The Balaban J connectivity index is 1.76. The van der Waals surface area contributed by atoms with Gasteiger partial charge in [0.05, 0.1) is 51.8 Å². The van der Waals surface area contributed by atoms with E-state index in [-0.39, 0.29) is 38.6 Å². The molecule has 8 heteroatoms. The molecule has 8 nitrogen and oxygen atoms in total. The van der Waals surface area contributed by atoms with Crippen molar-refractivity contribution in [3.8, 4) is 0 Å². The molecule has 144 valence electrons. The van der Waals surface area contributed by atoms with Crippen molar-refractivity contribution >= 4 is 11.9 Å². The summed E-state index contributed by atoms with van der Waals surface area (Å²) in [4.78, 5) is 22.9. The van der Waals surface area contributed by atoms with Gasteiger partial charge in [-0.25, -0.2) is 0 Å². The quantitative estimate of drug-likeness (QED) is 0.464. The molecule has 1 heterocycles. The van der Waals surface area contributed by atoms with E-state index in [1.165, 1.54) is 0 Å². The van der Waals surface area contributed by atoms with Crippen molar-refractivity contribution in [3.63, 3.8) is 0 Å². The summed E-state index contributed by atoms with van der Waals surface area (Å²) < 4.78 is 32.3. The molecule has 0 spiro atoms. The summed E-state index contributed by atoms with van der Waals surface area (Å²) in [6.45, 7) is 2.53. The molecule has 25 heavy (non-hydrogen) atoms. The van der Waals surface area contributed by atoms with E-state index in [4.69, 9.17) is 28.4 Å². The first kappa shape index (κ1) is 20.1. The van der Waals surface area contributed by atoms with Crippen molar-refractivity contribution in [2.75, 3.05) is 52.9 Å². The molecular weight excluding hydrogens is 332 g/mol. The fraction of sp³-hybridized carbons (Fsp3) is 0.882. The first-order valence-electron chi connectivity index (χ1n) is 8.95. The maximum atomic E-state index is 11.4. The van der Waals surface area contributed by atoms with E-state index in [2.05, 4.69) is 0 Å². The van der Waals surface area contributed by atoms with Gasteiger partial charge in [0.25, 0.3) is 0 Å². The Morgan fingerprint density at radius 1 is 0.600 bits per heavy atom. The Morgan fingerprint density at radius 2 is 1.04 bits per heavy atom. The van der Waals surface area contributed by atoms with Crippen LogP contribution in [0, 0.1) is 0 Å². The van der Waals surface area contributed by atoms with Crippen LogP contribution in [0.4, 0.5) is 0 Å². The fourth-order valence-electron chi connectivity index (χ4n) is 2.81. The number of carbonyl (C=O) groups is 2. The van der Waals surface area contributed by atoms with Gasteiger partial charge in [0.2, 0.25) is 0 Å². The number of hydrogen-bond donors (Lipinski definition) is 0. The highest BCUT2D eigenvalue weighted by Crippen LogP contribution is 2.23. The Morgan fingerprint density at radius 3 is 1.52 bits per heavy atom. The van der Waals surface area contributed by atoms with Gasteiger partial charge in [0.15, 0.2) is 0 Å². The second kappa shape index (κ2) is 12.2. The van der Waals surface area contributed by atoms with Gasteiger partial charge in [-0.05, 0) is 12.8 Å². The zero-order chi connectivity index (χ0) is 17.7. The molecule has 0 aromatic heterocycles. The first-order chi connectivity index (χ1) is 12.3. The van der Waals surface area contributed by atoms with Crippen molar-refractivity contribution in [2.45, 2.75) is 44.3 Å². The van der Waals surface area contributed by atoms with Gasteiger partial charge in [-0.1, -0.05) is 12.8 Å². The highest BCUT2D eigenvalue weighted by molar-refractivity contribution is 5.91. The minimum absolute atomic E-state index is 0.0817. The summed E-state index contributed by atoms with van der Waals surface area (Å²) in [6.07, 6.45) is 4.01. The summed E-state index contributed by atoms with van der Waals surface area (Å²) in [7, 11) is 0. The number of carbonyl (C=O) groups excluding carboxylic acids is 2. The molecular formula is C17H28O8. The fourth-order valence-corrected chi connectivity index (χ4v) is 2.81. The lowest BCUT2D eigenvalue weighted by molar-refractivity contribution is -0.156. The molecule has 1 saturated heterocycles. The maximum absolute atomic E-state index is 11.4. The highest BCUT2D eigenvalue weighted by Gasteiger charge is 2.26. The summed E-state index contributed by atoms with van der Waals surface area (Å²) in [5.74, 6) is -1.25. The van der Waals surface area contributed by atoms with Crippen LogP contribution in [0.25, 0.3) is 0 Å². The molecule has 1 saturated carbocycles. The number of esters is 2. The lowest BCUT2D eigenvalue weighted by Crippen LogP contribution is -2.36. The van der Waals surface area contributed by atoms with Gasteiger partial charge >= 0.3 is 11.9 Å². The standard InChI is InChI=1S/C17H28O8/c18-16-13-17(19)25-12-8-21-6-10-23-15-4-2-1-3-14(15)22-9-5-20-7-11-24-16/h14-15H,1-13H2/t14-,15-/m1/s1. The van der Waals surface area contributed by atoms with E-state index < -0.39 is 18.4 Å². The predicted octanol–water partition coefficient (Wildman–Crippen LogP) is 0.854. The van der Waals surface area contributed by atoms with E-state index in [1.807, 2.05) is 0 Å². The summed E-state index contributed by atoms with van der Waals surface area (Å²) in [6, 6.07) is 0. The van der Waals surface area contributed by atoms with E-state index in [0.29, 0.717) is 26.4 Å². The lowest BCUT2D eigenvalue weighted by atomic mass is 9.94.